The molecule has 1 heterocycles. The maximum Gasteiger partial charge on any atom is 0.305 e. The van der Waals surface area contributed by atoms with Gasteiger partial charge in [-0.2, -0.15) is 0 Å². The Hall–Kier alpha value is -1.84. The fourth-order valence-electron chi connectivity index (χ4n) is 1.91. The van der Waals surface area contributed by atoms with E-state index in [2.05, 4.69) is 0 Å². The molecule has 1 aromatic heterocycles. The second-order valence-electron chi connectivity index (χ2n) is 3.76. The van der Waals surface area contributed by atoms with Crippen molar-refractivity contribution in [2.24, 2.45) is 0 Å². The standard InChI is InChI=1S/C12H12FNO2/c1-8-7-9-3-2-4-10(13)12(9)14(8)6-5-11(15)16/h2-4,7H,5-6H2,1H3,(H,15,16). The third-order valence-corrected chi connectivity index (χ3v) is 2.63. The lowest BCUT2D eigenvalue weighted by molar-refractivity contribution is -0.137. The molecule has 0 atom stereocenters. The number of nitrogens with zero attached hydrogens (tertiary/aromatic N) is 1. The summed E-state index contributed by atoms with van der Waals surface area (Å²) >= 11 is 0. The molecule has 0 spiro atoms. The van der Waals surface area contributed by atoms with Gasteiger partial charge in [-0.3, -0.25) is 4.79 Å². The van der Waals surface area contributed by atoms with E-state index in [9.17, 15) is 9.18 Å². The molecular formula is C12H12FNO2. The van der Waals surface area contributed by atoms with E-state index in [1.165, 1.54) is 6.07 Å². The third kappa shape index (κ3) is 1.78. The van der Waals surface area contributed by atoms with Crippen LogP contribution in [0.3, 0.4) is 0 Å². The van der Waals surface area contributed by atoms with Crippen LogP contribution in [0.15, 0.2) is 24.3 Å². The highest BCUT2D eigenvalue weighted by Crippen LogP contribution is 2.22. The van der Waals surface area contributed by atoms with Crippen molar-refractivity contribution in [1.29, 1.82) is 0 Å². The fourth-order valence-corrected chi connectivity index (χ4v) is 1.91. The molecule has 0 aliphatic carbocycles. The van der Waals surface area contributed by atoms with Gasteiger partial charge in [-0.15, -0.1) is 0 Å². The summed E-state index contributed by atoms with van der Waals surface area (Å²) in [6, 6.07) is 6.72. The van der Waals surface area contributed by atoms with Crippen LogP contribution in [0.25, 0.3) is 10.9 Å². The van der Waals surface area contributed by atoms with E-state index >= 15 is 0 Å². The zero-order valence-electron chi connectivity index (χ0n) is 8.90. The molecule has 0 aliphatic rings. The Balaban J connectivity index is 2.50. The summed E-state index contributed by atoms with van der Waals surface area (Å²) in [7, 11) is 0. The monoisotopic (exact) mass is 221 g/mol. The van der Waals surface area contributed by atoms with Crippen LogP contribution >= 0.6 is 0 Å². The molecule has 2 aromatic rings. The maximum absolute atomic E-state index is 13.6. The summed E-state index contributed by atoms with van der Waals surface area (Å²) in [4.78, 5) is 10.5. The van der Waals surface area contributed by atoms with E-state index < -0.39 is 5.97 Å². The van der Waals surface area contributed by atoms with Crippen molar-refractivity contribution in [3.8, 4) is 0 Å². The van der Waals surface area contributed by atoms with E-state index in [1.54, 1.807) is 10.6 Å². The van der Waals surface area contributed by atoms with Crippen molar-refractivity contribution in [2.45, 2.75) is 19.9 Å². The first-order chi connectivity index (χ1) is 7.59. The van der Waals surface area contributed by atoms with Gasteiger partial charge in [0.1, 0.15) is 5.82 Å². The van der Waals surface area contributed by atoms with Gasteiger partial charge < -0.3 is 9.67 Å². The topological polar surface area (TPSA) is 42.2 Å². The summed E-state index contributed by atoms with van der Waals surface area (Å²) in [6.07, 6.45) is -0.00104. The molecule has 0 aliphatic heterocycles. The van der Waals surface area contributed by atoms with Crippen LogP contribution in [0.2, 0.25) is 0 Å². The van der Waals surface area contributed by atoms with Crippen molar-refractivity contribution in [1.82, 2.24) is 4.57 Å². The van der Waals surface area contributed by atoms with Crippen molar-refractivity contribution in [3.63, 3.8) is 0 Å². The first-order valence-electron chi connectivity index (χ1n) is 5.06. The van der Waals surface area contributed by atoms with E-state index in [0.29, 0.717) is 12.1 Å². The Kier molecular flexibility index (Phi) is 2.64. The molecule has 1 aromatic carbocycles. The van der Waals surface area contributed by atoms with E-state index in [-0.39, 0.29) is 12.2 Å². The average Bonchev–Trinajstić information content (AvgIpc) is 2.52. The van der Waals surface area contributed by atoms with E-state index in [4.69, 9.17) is 5.11 Å². The van der Waals surface area contributed by atoms with Crippen LogP contribution in [-0.2, 0) is 11.3 Å². The summed E-state index contributed by atoms with van der Waals surface area (Å²) < 4.78 is 15.3. The predicted molar refractivity (Wildman–Crippen MR) is 58.9 cm³/mol. The number of hydrogen-bond donors (Lipinski definition) is 1. The molecule has 0 saturated carbocycles. The highest BCUT2D eigenvalue weighted by atomic mass is 19.1. The largest absolute Gasteiger partial charge is 0.481 e. The van der Waals surface area contributed by atoms with Crippen molar-refractivity contribution < 1.29 is 14.3 Å². The number of fused-ring (bicyclic) bond motifs is 1. The Morgan fingerprint density at radius 3 is 2.94 bits per heavy atom. The zero-order valence-corrected chi connectivity index (χ0v) is 8.90. The molecule has 0 amide bonds. The van der Waals surface area contributed by atoms with E-state index in [0.717, 1.165) is 11.1 Å². The number of halogens is 1. The summed E-state index contributed by atoms with van der Waals surface area (Å²) in [5.74, 6) is -1.19. The third-order valence-electron chi connectivity index (χ3n) is 2.63. The van der Waals surface area contributed by atoms with Gasteiger partial charge >= 0.3 is 5.97 Å². The summed E-state index contributed by atoms with van der Waals surface area (Å²) in [5, 5.41) is 9.45. The number of aromatic nitrogens is 1. The van der Waals surface area contributed by atoms with Crippen molar-refractivity contribution in [3.05, 3.63) is 35.8 Å². The molecule has 0 radical (unpaired) electrons. The van der Waals surface area contributed by atoms with Gasteiger partial charge in [0.05, 0.1) is 11.9 Å². The highest BCUT2D eigenvalue weighted by molar-refractivity contribution is 5.82. The summed E-state index contributed by atoms with van der Waals surface area (Å²) in [6.45, 7) is 2.15. The Morgan fingerprint density at radius 1 is 1.50 bits per heavy atom. The number of carbonyl (C=O) groups is 1. The van der Waals surface area contributed by atoms with Gasteiger partial charge in [0.25, 0.3) is 0 Å². The Morgan fingerprint density at radius 2 is 2.25 bits per heavy atom. The maximum atomic E-state index is 13.6. The normalized spacial score (nSPS) is 10.9. The molecule has 16 heavy (non-hydrogen) atoms. The number of carboxylic acids is 1. The number of hydrogen-bond acceptors (Lipinski definition) is 1. The molecular weight excluding hydrogens is 209 g/mol. The van der Waals surface area contributed by atoms with Crippen molar-refractivity contribution >= 4 is 16.9 Å². The van der Waals surface area contributed by atoms with Gasteiger partial charge in [0.2, 0.25) is 0 Å². The molecule has 84 valence electrons. The van der Waals surface area contributed by atoms with Crippen LogP contribution < -0.4 is 0 Å². The Bertz CT molecular complexity index is 545. The first-order valence-corrected chi connectivity index (χ1v) is 5.06. The fraction of sp³-hybridized carbons (Fsp3) is 0.250. The predicted octanol–water partition coefficient (Wildman–Crippen LogP) is 2.56. The quantitative estimate of drug-likeness (QED) is 0.865. The number of benzene rings is 1. The van der Waals surface area contributed by atoms with Crippen LogP contribution in [0.1, 0.15) is 12.1 Å². The molecule has 4 heteroatoms. The SMILES string of the molecule is Cc1cc2cccc(F)c2n1CCC(=O)O. The molecule has 1 N–H and O–H groups in total. The molecule has 0 bridgehead atoms. The molecule has 0 unspecified atom stereocenters. The number of rotatable bonds is 3. The van der Waals surface area contributed by atoms with Crippen LogP contribution in [-0.4, -0.2) is 15.6 Å². The summed E-state index contributed by atoms with van der Waals surface area (Å²) in [5.41, 5.74) is 1.36. The lowest BCUT2D eigenvalue weighted by Crippen LogP contribution is -2.06. The zero-order chi connectivity index (χ0) is 11.7. The van der Waals surface area contributed by atoms with Gasteiger partial charge in [0, 0.05) is 17.6 Å². The smallest absolute Gasteiger partial charge is 0.305 e. The molecule has 0 fully saturated rings. The van der Waals surface area contributed by atoms with Crippen LogP contribution in [0, 0.1) is 12.7 Å². The highest BCUT2D eigenvalue weighted by Gasteiger charge is 2.10. The second kappa shape index (κ2) is 3.96. The number of para-hydroxylation sites is 1. The van der Waals surface area contributed by atoms with Crippen molar-refractivity contribution in [2.75, 3.05) is 0 Å². The van der Waals surface area contributed by atoms with Gasteiger partial charge in [-0.05, 0) is 19.1 Å². The van der Waals surface area contributed by atoms with Gasteiger partial charge in [0.15, 0.2) is 0 Å². The number of aliphatic carboxylic acids is 1. The minimum absolute atomic E-state index is 0.00104. The van der Waals surface area contributed by atoms with Gasteiger partial charge in [-0.1, -0.05) is 12.1 Å². The number of carboxylic acid groups (broad SMARTS) is 1. The number of aryl methyl sites for hydroxylation is 2. The molecule has 3 nitrogen and oxygen atoms in total. The van der Waals surface area contributed by atoms with Crippen LogP contribution in [0.4, 0.5) is 4.39 Å². The minimum Gasteiger partial charge on any atom is -0.481 e. The van der Waals surface area contributed by atoms with E-state index in [1.807, 2.05) is 19.1 Å². The lowest BCUT2D eigenvalue weighted by atomic mass is 10.2. The first kappa shape index (κ1) is 10.7. The Labute approximate surface area is 92.1 Å². The van der Waals surface area contributed by atoms with Gasteiger partial charge in [-0.25, -0.2) is 4.39 Å². The molecule has 2 rings (SSSR count). The minimum atomic E-state index is -0.877. The lowest BCUT2D eigenvalue weighted by Gasteiger charge is -2.06. The second-order valence-corrected chi connectivity index (χ2v) is 3.76. The van der Waals surface area contributed by atoms with Crippen LogP contribution in [0.5, 0.6) is 0 Å². The average molecular weight is 221 g/mol. The molecule has 0 saturated heterocycles.